The molecule has 4 fully saturated rings. The Labute approximate surface area is 589 Å². The van der Waals surface area contributed by atoms with Gasteiger partial charge in [0.2, 0.25) is 0 Å². The number of hydrogen-bond donors (Lipinski definition) is 4. The molecule has 5 amide bonds. The minimum Gasteiger partial charge on any atom is -0.444 e. The van der Waals surface area contributed by atoms with Gasteiger partial charge in [0.1, 0.15) is 39.7 Å². The summed E-state index contributed by atoms with van der Waals surface area (Å²) in [5.41, 5.74) is 6.18. The second kappa shape index (κ2) is 36.6. The van der Waals surface area contributed by atoms with Crippen LogP contribution in [0.2, 0.25) is 0 Å². The van der Waals surface area contributed by atoms with Crippen molar-refractivity contribution in [1.82, 2.24) is 80.5 Å². The van der Waals surface area contributed by atoms with E-state index in [1.165, 1.54) is 6.33 Å². The van der Waals surface area contributed by atoms with Crippen LogP contribution >= 0.6 is 0 Å². The van der Waals surface area contributed by atoms with Crippen LogP contribution < -0.4 is 21.7 Å². The molecule has 0 bridgehead atoms. The van der Waals surface area contributed by atoms with Gasteiger partial charge in [0.05, 0.1) is 47.5 Å². The predicted octanol–water partition coefficient (Wildman–Crippen LogP) is 9.41. The van der Waals surface area contributed by atoms with Gasteiger partial charge in [-0.2, -0.15) is 10.5 Å². The number of ether oxygens (including phenoxy) is 5. The van der Waals surface area contributed by atoms with Gasteiger partial charge < -0.3 is 60.1 Å². The van der Waals surface area contributed by atoms with Crippen molar-refractivity contribution in [1.29, 1.82) is 10.5 Å². The molecule has 0 aromatic carbocycles. The Morgan fingerprint density at radius 3 is 1.08 bits per heavy atom. The molecule has 29 nitrogen and oxygen atoms in total. The van der Waals surface area contributed by atoms with Gasteiger partial charge in [-0.05, 0) is 168 Å². The number of hydrogen-bond acceptors (Lipinski definition) is 24. The molecule has 0 saturated carbocycles. The van der Waals surface area contributed by atoms with Gasteiger partial charge in [-0.25, -0.2) is 33.9 Å². The van der Waals surface area contributed by atoms with Crippen molar-refractivity contribution in [3.63, 3.8) is 0 Å². The van der Waals surface area contributed by atoms with E-state index in [1.54, 1.807) is 101 Å². The zero-order valence-corrected chi connectivity index (χ0v) is 61.2. The molecule has 0 radical (unpaired) electrons. The van der Waals surface area contributed by atoms with Crippen LogP contribution in [0.4, 0.5) is 24.0 Å². The van der Waals surface area contributed by atoms with Crippen molar-refractivity contribution in [3.05, 3.63) is 121 Å². The predicted molar refractivity (Wildman–Crippen MR) is 373 cm³/mol. The molecule has 4 aliphatic heterocycles. The lowest BCUT2D eigenvalue weighted by molar-refractivity contribution is 0.0147. The van der Waals surface area contributed by atoms with Crippen LogP contribution in [0, 0.1) is 22.7 Å². The quantitative estimate of drug-likeness (QED) is 0.0945. The first-order valence-corrected chi connectivity index (χ1v) is 33.8. The van der Waals surface area contributed by atoms with E-state index in [0.717, 1.165) is 61.4 Å². The lowest BCUT2D eigenvalue weighted by atomic mass is 9.75. The zero-order valence-electron chi connectivity index (χ0n) is 61.2. The number of amides is 5. The van der Waals surface area contributed by atoms with Crippen LogP contribution in [0.15, 0.2) is 93.1 Å². The Kier molecular flexibility index (Phi) is 29.8. The van der Waals surface area contributed by atoms with E-state index in [4.69, 9.17) is 34.7 Å². The third-order valence-electron chi connectivity index (χ3n) is 16.4. The van der Waals surface area contributed by atoms with Gasteiger partial charge in [0.15, 0.2) is 0 Å². The number of alkyl carbamates (subject to hydrolysis) is 2. The molecule has 5 aromatic heterocycles. The fourth-order valence-electron chi connectivity index (χ4n) is 11.1. The van der Waals surface area contributed by atoms with Crippen molar-refractivity contribution in [2.45, 2.75) is 211 Å². The highest BCUT2D eigenvalue weighted by atomic mass is 16.6. The molecule has 544 valence electrons. The Morgan fingerprint density at radius 2 is 0.770 bits per heavy atom. The molecule has 4 saturated heterocycles. The van der Waals surface area contributed by atoms with Crippen molar-refractivity contribution >= 4 is 30.5 Å². The van der Waals surface area contributed by atoms with Gasteiger partial charge in [0, 0.05) is 161 Å². The lowest BCUT2D eigenvalue weighted by Crippen LogP contribution is -2.51. The first-order chi connectivity index (χ1) is 47.0. The maximum atomic E-state index is 12.4. The van der Waals surface area contributed by atoms with Gasteiger partial charge >= 0.3 is 30.5 Å². The van der Waals surface area contributed by atoms with E-state index >= 15 is 0 Å². The summed E-state index contributed by atoms with van der Waals surface area (Å²) in [5, 5.41) is 26.9. The van der Waals surface area contributed by atoms with Crippen LogP contribution in [0.5, 0.6) is 0 Å². The maximum Gasteiger partial charge on any atom is 0.410 e. The summed E-state index contributed by atoms with van der Waals surface area (Å²) < 4.78 is 26.9. The van der Waals surface area contributed by atoms with E-state index in [9.17, 15) is 29.2 Å². The van der Waals surface area contributed by atoms with Crippen LogP contribution in [0.1, 0.15) is 184 Å². The minimum atomic E-state index is -0.660. The average Bonchev–Trinajstić information content (AvgIpc) is 0.813. The minimum absolute atomic E-state index is 0.170. The molecular formula is C71H105N19O10. The molecule has 0 aliphatic carbocycles. The molecule has 0 unspecified atom stereocenters. The van der Waals surface area contributed by atoms with Crippen molar-refractivity contribution in [3.8, 4) is 12.1 Å². The zero-order chi connectivity index (χ0) is 73.9. The first-order valence-electron chi connectivity index (χ1n) is 33.8. The summed E-state index contributed by atoms with van der Waals surface area (Å²) >= 11 is 0. The van der Waals surface area contributed by atoms with E-state index in [0.29, 0.717) is 96.7 Å². The molecule has 9 heterocycles. The summed E-state index contributed by atoms with van der Waals surface area (Å²) in [7, 11) is 0. The Balaban J connectivity index is 0.000000232. The van der Waals surface area contributed by atoms with Crippen LogP contribution in [0.3, 0.4) is 0 Å². The third kappa shape index (κ3) is 27.1. The number of carbonyl (C=O) groups is 5. The Morgan fingerprint density at radius 1 is 0.450 bits per heavy atom. The number of carbonyl (C=O) groups excluding carboxylic acids is 5. The fraction of sp³-hybridized carbons (Fsp3) is 0.620. The smallest absolute Gasteiger partial charge is 0.410 e. The highest BCUT2D eigenvalue weighted by Gasteiger charge is 2.43. The summed E-state index contributed by atoms with van der Waals surface area (Å²) in [6, 6.07) is 4.36. The molecule has 9 rings (SSSR count). The van der Waals surface area contributed by atoms with Crippen LogP contribution in [-0.2, 0) is 51.8 Å². The summed E-state index contributed by atoms with van der Waals surface area (Å²) in [6.07, 6.45) is 29.2. The molecule has 29 heteroatoms. The van der Waals surface area contributed by atoms with Crippen molar-refractivity contribution in [2.24, 2.45) is 5.73 Å². The monoisotopic (exact) mass is 1380 g/mol. The number of aromatic nitrogens is 10. The van der Waals surface area contributed by atoms with Gasteiger partial charge in [-0.1, -0.05) is 0 Å². The molecule has 4 aliphatic rings. The van der Waals surface area contributed by atoms with Crippen LogP contribution in [0.25, 0.3) is 0 Å². The molecule has 5 aromatic rings. The van der Waals surface area contributed by atoms with Gasteiger partial charge in [0.25, 0.3) is 0 Å². The van der Waals surface area contributed by atoms with E-state index < -0.39 is 44.9 Å². The molecule has 0 atom stereocenters. The maximum absolute atomic E-state index is 12.4. The topological polar surface area (TPSA) is 380 Å². The fourth-order valence-corrected chi connectivity index (χ4v) is 11.1. The van der Waals surface area contributed by atoms with E-state index in [-0.39, 0.29) is 35.2 Å². The molecule has 0 spiro atoms. The number of nitrogens with zero attached hydrogens (tertiary/aromatic N) is 15. The molecule has 100 heavy (non-hydrogen) atoms. The number of nitrogens with two attached hydrogens (primary N) is 1. The summed E-state index contributed by atoms with van der Waals surface area (Å²) in [6.45, 7) is 34.2. The van der Waals surface area contributed by atoms with Gasteiger partial charge in [-0.15, -0.1) is 0 Å². The standard InChI is InChI=1S/C20H32N4O4.C15H24N4O2.C15H20N4O2.C15H24N4O2.C6H5N3/c1-18(2,3)27-16(25)23-14-20(15-13-21-9-10-22-15)7-11-24(12-8-20)17(26)28-19(4,5)6;2*1-14(2,3)21-13(20)19-8-4-15(11-16,5-9-19)12-10-17-6-7-18-12;1-14(2,3)21-13(20)19-11-15(4-6-16-7-5-15)12-10-17-8-9-18-12;7-2-1-6-3-8-5-9-4-6/h9-10,13H,7-8,11-12,14H2,1-6H3,(H,23,25);6-7,10H,4-5,8-9,11,16H2,1-3H3;6-7,10H,4-5,8-9H2,1-3H3;8-10,16H,4-7,11H2,1-3H3,(H,19,20);3-5H,1H2. The van der Waals surface area contributed by atoms with Crippen molar-refractivity contribution in [2.75, 3.05) is 72.0 Å². The summed E-state index contributed by atoms with van der Waals surface area (Å²) in [4.78, 5) is 107. The van der Waals surface area contributed by atoms with Crippen LogP contribution in [-0.4, -0.2) is 195 Å². The first kappa shape index (κ1) is 81.3. The highest BCUT2D eigenvalue weighted by Crippen LogP contribution is 2.37. The molecule has 5 N–H and O–H groups in total. The number of nitrogens with one attached hydrogen (secondary N) is 3. The second-order valence-corrected chi connectivity index (χ2v) is 30.0. The highest BCUT2D eigenvalue weighted by molar-refractivity contribution is 5.70. The van der Waals surface area contributed by atoms with Crippen molar-refractivity contribution < 1.29 is 47.7 Å². The largest absolute Gasteiger partial charge is 0.444 e. The average molecular weight is 1380 g/mol. The Bertz CT molecular complexity index is 3390. The number of nitriles is 2. The summed E-state index contributed by atoms with van der Waals surface area (Å²) in [5.74, 6) is 0. The SMILES string of the molecule is CC(C)(C)OC(=O)N1CCC(C#N)(c2cnccn2)CC1.CC(C)(C)OC(=O)N1CCC(CN)(c2cnccn2)CC1.CC(C)(C)OC(=O)NCC1(c2cnccn2)CCN(C(=O)OC(C)(C)C)CC1.CC(C)(C)OC(=O)NCC1(c2cnccn2)CCNCC1.N#CCc1cncnc1. The molecular weight excluding hydrogens is 1280 g/mol. The number of piperidine rings is 4. The second-order valence-electron chi connectivity index (χ2n) is 30.0. The normalized spacial score (nSPS) is 16.9. The Hall–Kier alpha value is -9.35. The third-order valence-corrected chi connectivity index (χ3v) is 16.4. The lowest BCUT2D eigenvalue weighted by Gasteiger charge is -2.41. The number of likely N-dealkylation sites (tertiary alicyclic amines) is 3. The van der Waals surface area contributed by atoms with E-state index in [1.807, 2.05) is 110 Å². The van der Waals surface area contributed by atoms with Gasteiger partial charge in [-0.3, -0.25) is 39.9 Å². The number of rotatable bonds is 10. The van der Waals surface area contributed by atoms with E-state index in [2.05, 4.69) is 71.9 Å².